The number of carbonyl (C=O) groups is 1. The standard InChI is InChI=1S/C29H40N4O4S/c1-3-32(15-16-37-2)12-7-17-38(35,36)33-13-10-23(11-14-33)27-21-31-29-25(20-28(30)34)18-24(19-26(27)29)22-8-5-4-6-9-22/h4-6,8-9,18-19,21,23,31H,3,7,10-17,20H2,1-2H3,(H2,30,34). The molecule has 0 atom stereocenters. The van der Waals surface area contributed by atoms with Crippen molar-refractivity contribution in [1.29, 1.82) is 0 Å². The zero-order valence-corrected chi connectivity index (χ0v) is 23.3. The lowest BCUT2D eigenvalue weighted by Gasteiger charge is -2.31. The Balaban J connectivity index is 1.46. The quantitative estimate of drug-likeness (QED) is 0.343. The second-order valence-corrected chi connectivity index (χ2v) is 12.2. The SMILES string of the molecule is CCN(CCCS(=O)(=O)N1CCC(c2c[nH]c3c(CC(N)=O)cc(-c4ccccc4)cc23)CC1)CCOC. The first-order chi connectivity index (χ1) is 18.3. The van der Waals surface area contributed by atoms with Gasteiger partial charge in [0.25, 0.3) is 0 Å². The van der Waals surface area contributed by atoms with Gasteiger partial charge in [-0.05, 0) is 72.7 Å². The lowest BCUT2D eigenvalue weighted by Crippen LogP contribution is -2.40. The third-order valence-electron chi connectivity index (χ3n) is 7.60. The van der Waals surface area contributed by atoms with Gasteiger partial charge in [0.2, 0.25) is 15.9 Å². The molecule has 4 rings (SSSR count). The minimum absolute atomic E-state index is 0.161. The molecular formula is C29H40N4O4S. The summed E-state index contributed by atoms with van der Waals surface area (Å²) in [6.45, 7) is 6.23. The van der Waals surface area contributed by atoms with Gasteiger partial charge in [0.05, 0.1) is 18.8 Å². The van der Waals surface area contributed by atoms with Gasteiger partial charge in [0.15, 0.2) is 0 Å². The number of aromatic amines is 1. The van der Waals surface area contributed by atoms with E-state index in [4.69, 9.17) is 10.5 Å². The maximum Gasteiger partial charge on any atom is 0.221 e. The summed E-state index contributed by atoms with van der Waals surface area (Å²) in [6.07, 6.45) is 4.34. The number of rotatable bonds is 13. The molecule has 9 heteroatoms. The van der Waals surface area contributed by atoms with Crippen molar-refractivity contribution in [2.75, 3.05) is 52.2 Å². The number of likely N-dealkylation sites (N-methyl/N-ethyl adjacent to an activating group) is 1. The van der Waals surface area contributed by atoms with Gasteiger partial charge < -0.3 is 20.4 Å². The van der Waals surface area contributed by atoms with Crippen LogP contribution in [0.15, 0.2) is 48.7 Å². The largest absolute Gasteiger partial charge is 0.383 e. The molecule has 1 saturated heterocycles. The number of hydrogen-bond donors (Lipinski definition) is 2. The van der Waals surface area contributed by atoms with Gasteiger partial charge >= 0.3 is 0 Å². The Bertz CT molecular complexity index is 1320. The summed E-state index contributed by atoms with van der Waals surface area (Å²) in [6, 6.07) is 14.3. The Morgan fingerprint density at radius 2 is 1.87 bits per heavy atom. The van der Waals surface area contributed by atoms with Gasteiger partial charge in [-0.2, -0.15) is 0 Å². The van der Waals surface area contributed by atoms with Gasteiger partial charge in [-0.3, -0.25) is 4.79 Å². The van der Waals surface area contributed by atoms with Crippen molar-refractivity contribution in [2.45, 2.75) is 38.5 Å². The maximum absolute atomic E-state index is 13.1. The lowest BCUT2D eigenvalue weighted by molar-refractivity contribution is -0.117. The van der Waals surface area contributed by atoms with Crippen LogP contribution in [0.25, 0.3) is 22.0 Å². The van der Waals surface area contributed by atoms with Crippen molar-refractivity contribution in [3.8, 4) is 11.1 Å². The van der Waals surface area contributed by atoms with Crippen molar-refractivity contribution >= 4 is 26.8 Å². The van der Waals surface area contributed by atoms with Crippen LogP contribution in [0, 0.1) is 0 Å². The molecule has 1 amide bonds. The number of primary amides is 1. The van der Waals surface area contributed by atoms with Crippen LogP contribution >= 0.6 is 0 Å². The molecule has 3 N–H and O–H groups in total. The van der Waals surface area contributed by atoms with E-state index in [0.717, 1.165) is 60.1 Å². The molecule has 206 valence electrons. The molecule has 0 radical (unpaired) electrons. The van der Waals surface area contributed by atoms with Crippen molar-refractivity contribution in [3.63, 3.8) is 0 Å². The van der Waals surface area contributed by atoms with Crippen LogP contribution < -0.4 is 5.73 Å². The molecule has 1 aliphatic rings. The number of amides is 1. The number of carbonyl (C=O) groups excluding carboxylic acids is 1. The van der Waals surface area contributed by atoms with E-state index in [9.17, 15) is 13.2 Å². The first-order valence-electron chi connectivity index (χ1n) is 13.5. The molecular weight excluding hydrogens is 500 g/mol. The van der Waals surface area contributed by atoms with Crippen LogP contribution in [0.3, 0.4) is 0 Å². The smallest absolute Gasteiger partial charge is 0.221 e. The number of hydrogen-bond acceptors (Lipinski definition) is 5. The summed E-state index contributed by atoms with van der Waals surface area (Å²) in [5.74, 6) is 0.0460. The second-order valence-electron chi connectivity index (χ2n) is 10.1. The van der Waals surface area contributed by atoms with Crippen LogP contribution in [0.2, 0.25) is 0 Å². The van der Waals surface area contributed by atoms with Crippen molar-refractivity contribution in [2.24, 2.45) is 5.73 Å². The van der Waals surface area contributed by atoms with E-state index in [1.807, 2.05) is 30.5 Å². The highest BCUT2D eigenvalue weighted by atomic mass is 32.2. The zero-order valence-electron chi connectivity index (χ0n) is 22.5. The summed E-state index contributed by atoms with van der Waals surface area (Å²) >= 11 is 0. The highest BCUT2D eigenvalue weighted by molar-refractivity contribution is 7.89. The molecule has 8 nitrogen and oxygen atoms in total. The number of ether oxygens (including phenoxy) is 1. The molecule has 1 aliphatic heterocycles. The molecule has 38 heavy (non-hydrogen) atoms. The van der Waals surface area contributed by atoms with Crippen LogP contribution in [-0.2, 0) is 26.0 Å². The fraction of sp³-hybridized carbons (Fsp3) is 0.483. The molecule has 1 aromatic heterocycles. The van der Waals surface area contributed by atoms with Crippen LogP contribution in [0.1, 0.15) is 43.2 Å². The fourth-order valence-electron chi connectivity index (χ4n) is 5.48. The molecule has 0 saturated carbocycles. The minimum atomic E-state index is -3.29. The lowest BCUT2D eigenvalue weighted by atomic mass is 9.88. The summed E-state index contributed by atoms with van der Waals surface area (Å²) in [7, 11) is -1.61. The zero-order chi connectivity index (χ0) is 27.1. The number of nitrogens with zero attached hydrogens (tertiary/aromatic N) is 2. The highest BCUT2D eigenvalue weighted by Gasteiger charge is 2.30. The average Bonchev–Trinajstić information content (AvgIpc) is 3.35. The number of aromatic nitrogens is 1. The number of H-pyrrole nitrogens is 1. The highest BCUT2D eigenvalue weighted by Crippen LogP contribution is 2.37. The molecule has 0 aliphatic carbocycles. The Morgan fingerprint density at radius 1 is 1.13 bits per heavy atom. The monoisotopic (exact) mass is 540 g/mol. The number of nitrogens with two attached hydrogens (primary N) is 1. The first kappa shape index (κ1) is 28.3. The molecule has 1 fully saturated rings. The third kappa shape index (κ3) is 6.83. The van der Waals surface area contributed by atoms with E-state index in [2.05, 4.69) is 35.0 Å². The van der Waals surface area contributed by atoms with Gasteiger partial charge in [-0.1, -0.05) is 37.3 Å². The topological polar surface area (TPSA) is 109 Å². The summed E-state index contributed by atoms with van der Waals surface area (Å²) in [5.41, 5.74) is 10.7. The van der Waals surface area contributed by atoms with Gasteiger partial charge in [0.1, 0.15) is 0 Å². The van der Waals surface area contributed by atoms with Crippen molar-refractivity contribution in [1.82, 2.24) is 14.2 Å². The number of piperidine rings is 1. The average molecular weight is 541 g/mol. The van der Waals surface area contributed by atoms with Gasteiger partial charge in [-0.25, -0.2) is 12.7 Å². The molecule has 0 unspecified atom stereocenters. The van der Waals surface area contributed by atoms with E-state index >= 15 is 0 Å². The van der Waals surface area contributed by atoms with Gasteiger partial charge in [0, 0.05) is 43.8 Å². The molecule has 2 aromatic carbocycles. The number of fused-ring (bicyclic) bond motifs is 1. The predicted molar refractivity (Wildman–Crippen MR) is 153 cm³/mol. The first-order valence-corrected chi connectivity index (χ1v) is 15.1. The number of nitrogens with one attached hydrogen (secondary N) is 1. The third-order valence-corrected chi connectivity index (χ3v) is 9.55. The normalized spacial score (nSPS) is 15.4. The Morgan fingerprint density at radius 3 is 2.53 bits per heavy atom. The Kier molecular flexibility index (Phi) is 9.59. The van der Waals surface area contributed by atoms with E-state index in [0.29, 0.717) is 26.1 Å². The van der Waals surface area contributed by atoms with Crippen molar-refractivity contribution in [3.05, 3.63) is 59.8 Å². The van der Waals surface area contributed by atoms with Crippen LogP contribution in [0.4, 0.5) is 0 Å². The maximum atomic E-state index is 13.1. The predicted octanol–water partition coefficient (Wildman–Crippen LogP) is 3.73. The van der Waals surface area contributed by atoms with Crippen molar-refractivity contribution < 1.29 is 17.9 Å². The number of benzene rings is 2. The van der Waals surface area contributed by atoms with Gasteiger partial charge in [-0.15, -0.1) is 0 Å². The van der Waals surface area contributed by atoms with E-state index in [1.54, 1.807) is 11.4 Å². The van der Waals surface area contributed by atoms with Crippen LogP contribution in [-0.4, -0.2) is 80.7 Å². The minimum Gasteiger partial charge on any atom is -0.383 e. The Hall–Kier alpha value is -2.72. The summed E-state index contributed by atoms with van der Waals surface area (Å²) in [4.78, 5) is 17.4. The summed E-state index contributed by atoms with van der Waals surface area (Å²) in [5, 5.41) is 1.08. The molecule has 2 heterocycles. The fourth-order valence-corrected chi connectivity index (χ4v) is 7.00. The van der Waals surface area contributed by atoms with Crippen LogP contribution in [0.5, 0.6) is 0 Å². The molecule has 0 spiro atoms. The van der Waals surface area contributed by atoms with E-state index in [1.165, 1.54) is 5.56 Å². The second kappa shape index (κ2) is 12.9. The van der Waals surface area contributed by atoms with E-state index < -0.39 is 10.0 Å². The van der Waals surface area contributed by atoms with E-state index in [-0.39, 0.29) is 24.0 Å². The molecule has 0 bridgehead atoms. The Labute approximate surface area is 226 Å². The molecule has 3 aromatic rings. The summed E-state index contributed by atoms with van der Waals surface area (Å²) < 4.78 is 32.9. The number of sulfonamides is 1. The number of methoxy groups -OCH3 is 1.